The van der Waals surface area contributed by atoms with Gasteiger partial charge in [0.15, 0.2) is 0 Å². The van der Waals surface area contributed by atoms with Crippen LogP contribution in [0.1, 0.15) is 0 Å². The lowest BCUT2D eigenvalue weighted by Crippen LogP contribution is -2.64. The van der Waals surface area contributed by atoms with E-state index in [4.69, 9.17) is 75.9 Å². The summed E-state index contributed by atoms with van der Waals surface area (Å²) in [5.74, 6) is 0. The molecule has 0 aliphatic carbocycles. The van der Waals surface area contributed by atoms with Gasteiger partial charge in [-0.25, -0.2) is 0 Å². The topological polar surface area (TPSA) is 166 Å². The maximum Gasteiger partial charge on any atom is 0.488 e. The molecule has 0 radical (unpaired) electrons. The maximum absolute atomic E-state index is 6.79. The summed E-state index contributed by atoms with van der Waals surface area (Å²) < 4.78 is 114. The van der Waals surface area contributed by atoms with E-state index >= 15 is 0 Å². The standard InChI is InChI=1S/C28H84O18Si13/c1-29-56(25,30-2)41-50(13,14)35-47(7,8)37-52(17,18)43-58(27,33-5)45-54(21,22)39-49(11,12)40-55(23,24)46-59(28,34-6)44-53(19,20)38-48(9,10)36-51(15,16)42-57(26,31-3)32-4/h1-28H3. The highest BCUT2D eigenvalue weighted by atomic mass is 28.5. The van der Waals surface area contributed by atoms with Gasteiger partial charge in [-0.15, -0.1) is 0 Å². The Morgan fingerprint density at radius 2 is 0.254 bits per heavy atom. The average molecular weight is 1070 g/mol. The molecule has 0 aromatic rings. The van der Waals surface area contributed by atoms with Crippen LogP contribution >= 0.6 is 0 Å². The molecule has 0 N–H and O–H groups in total. The first-order valence-electron chi connectivity index (χ1n) is 19.6. The molecule has 0 aromatic carbocycles. The molecule has 31 heteroatoms. The summed E-state index contributed by atoms with van der Waals surface area (Å²) in [6.45, 7) is 42.8. The largest absolute Gasteiger partial charge is 0.488 e. The van der Waals surface area contributed by atoms with Crippen molar-refractivity contribution in [1.82, 2.24) is 0 Å². The Bertz CT molecular complexity index is 1210. The molecule has 0 aliphatic rings. The molecule has 356 valence electrons. The lowest BCUT2D eigenvalue weighted by Gasteiger charge is -2.44. The van der Waals surface area contributed by atoms with Crippen LogP contribution in [-0.4, -0.2) is 155 Å². The molecule has 0 aromatic heterocycles. The van der Waals surface area contributed by atoms with Crippen molar-refractivity contribution < 1.29 is 75.9 Å². The van der Waals surface area contributed by atoms with Gasteiger partial charge in [0.05, 0.1) is 0 Å². The minimum absolute atomic E-state index is 1.58. The summed E-state index contributed by atoms with van der Waals surface area (Å²) >= 11 is 0. The van der Waals surface area contributed by atoms with Gasteiger partial charge in [0.25, 0.3) is 0 Å². The minimum atomic E-state index is -3.31. The number of hydrogen-bond acceptors (Lipinski definition) is 18. The molecule has 0 rings (SSSR count). The summed E-state index contributed by atoms with van der Waals surface area (Å²) in [7, 11) is -28.5. The normalized spacial score (nSPS) is 17.3. The molecule has 18 nitrogen and oxygen atoms in total. The summed E-state index contributed by atoms with van der Waals surface area (Å²) in [4.78, 5) is 0. The Morgan fingerprint density at radius 3 is 0.373 bits per heavy atom. The molecule has 2 atom stereocenters. The second-order valence-electron chi connectivity index (χ2n) is 18.5. The average Bonchev–Trinajstić information content (AvgIpc) is 2.94. The van der Waals surface area contributed by atoms with Crippen LogP contribution in [0, 0.1) is 0 Å². The maximum atomic E-state index is 6.79. The smallest absolute Gasteiger partial charge is 0.416 e. The molecule has 0 bridgehead atoms. The summed E-state index contributed by atoms with van der Waals surface area (Å²) in [6.07, 6.45) is 0. The van der Waals surface area contributed by atoms with Gasteiger partial charge in [-0.1, -0.05) is 0 Å². The third-order valence-electron chi connectivity index (χ3n) is 7.76. The van der Waals surface area contributed by atoms with Crippen molar-refractivity contribution in [2.45, 2.75) is 144 Å². The molecule has 0 amide bonds. The Kier molecular flexibility index (Phi) is 22.6. The zero-order chi connectivity index (χ0) is 47.2. The monoisotopic (exact) mass is 1070 g/mol. The van der Waals surface area contributed by atoms with E-state index in [-0.39, 0.29) is 0 Å². The van der Waals surface area contributed by atoms with Gasteiger partial charge in [0.2, 0.25) is 0 Å². The van der Waals surface area contributed by atoms with Crippen LogP contribution in [0.25, 0.3) is 0 Å². The van der Waals surface area contributed by atoms with Crippen LogP contribution in [0.2, 0.25) is 144 Å². The van der Waals surface area contributed by atoms with E-state index in [1.54, 1.807) is 42.7 Å². The van der Waals surface area contributed by atoms with Gasteiger partial charge < -0.3 is 75.9 Å². The number of rotatable bonds is 30. The summed E-state index contributed by atoms with van der Waals surface area (Å²) in [6, 6.07) is 0. The first-order chi connectivity index (χ1) is 25.8. The van der Waals surface area contributed by atoms with Gasteiger partial charge in [-0.3, -0.25) is 0 Å². The van der Waals surface area contributed by atoms with Crippen molar-refractivity contribution in [2.75, 3.05) is 42.7 Å². The van der Waals surface area contributed by atoms with Crippen LogP contribution in [0.15, 0.2) is 0 Å². The van der Waals surface area contributed by atoms with Crippen molar-refractivity contribution in [2.24, 2.45) is 0 Å². The quantitative estimate of drug-likeness (QED) is 0.0643. The lowest BCUT2D eigenvalue weighted by molar-refractivity contribution is 0.147. The second-order valence-corrected chi connectivity index (χ2v) is 62.8. The van der Waals surface area contributed by atoms with Crippen LogP contribution in [0.3, 0.4) is 0 Å². The van der Waals surface area contributed by atoms with Crippen molar-refractivity contribution >= 4 is 112 Å². The van der Waals surface area contributed by atoms with E-state index in [9.17, 15) is 0 Å². The molecule has 0 saturated heterocycles. The van der Waals surface area contributed by atoms with E-state index in [1.807, 2.05) is 144 Å². The third-order valence-corrected chi connectivity index (χ3v) is 56.5. The first kappa shape index (κ1) is 61.1. The van der Waals surface area contributed by atoms with Crippen molar-refractivity contribution in [3.63, 3.8) is 0 Å². The predicted molar refractivity (Wildman–Crippen MR) is 259 cm³/mol. The summed E-state index contributed by atoms with van der Waals surface area (Å²) in [5.41, 5.74) is 0. The van der Waals surface area contributed by atoms with Crippen LogP contribution < -0.4 is 0 Å². The van der Waals surface area contributed by atoms with E-state index in [2.05, 4.69) is 0 Å². The van der Waals surface area contributed by atoms with Crippen molar-refractivity contribution in [3.8, 4) is 0 Å². The second kappa shape index (κ2) is 21.8. The zero-order valence-electron chi connectivity index (χ0n) is 41.8. The molecule has 2 unspecified atom stereocenters. The molecule has 0 heterocycles. The Balaban J connectivity index is 5.89. The Labute approximate surface area is 372 Å². The number of hydrogen-bond donors (Lipinski definition) is 0. The first-order valence-corrected chi connectivity index (χ1v) is 53.8. The van der Waals surface area contributed by atoms with E-state index < -0.39 is 112 Å². The van der Waals surface area contributed by atoms with Crippen LogP contribution in [0.4, 0.5) is 0 Å². The molecule has 0 saturated carbocycles. The third kappa shape index (κ3) is 23.9. The molecule has 0 spiro atoms. The molecule has 59 heavy (non-hydrogen) atoms. The van der Waals surface area contributed by atoms with E-state index in [0.29, 0.717) is 0 Å². The zero-order valence-corrected chi connectivity index (χ0v) is 54.8. The van der Waals surface area contributed by atoms with Crippen LogP contribution in [-0.2, 0) is 75.9 Å². The van der Waals surface area contributed by atoms with Crippen molar-refractivity contribution in [3.05, 3.63) is 0 Å². The van der Waals surface area contributed by atoms with Crippen molar-refractivity contribution in [1.29, 1.82) is 0 Å². The predicted octanol–water partition coefficient (Wildman–Crippen LogP) is 7.66. The van der Waals surface area contributed by atoms with Gasteiger partial charge >= 0.3 is 112 Å². The summed E-state index contributed by atoms with van der Waals surface area (Å²) in [5, 5.41) is 0. The van der Waals surface area contributed by atoms with Gasteiger partial charge in [-0.2, -0.15) is 0 Å². The molecular weight excluding hydrogens is 989 g/mol. The molecule has 0 aliphatic heterocycles. The van der Waals surface area contributed by atoms with Gasteiger partial charge in [0, 0.05) is 68.8 Å². The van der Waals surface area contributed by atoms with Gasteiger partial charge in [-0.05, 0) is 118 Å². The Morgan fingerprint density at radius 1 is 0.153 bits per heavy atom. The molecule has 0 fully saturated rings. The van der Waals surface area contributed by atoms with Crippen LogP contribution in [0.5, 0.6) is 0 Å². The fourth-order valence-electron chi connectivity index (χ4n) is 6.96. The highest BCUT2D eigenvalue weighted by Gasteiger charge is 2.55. The van der Waals surface area contributed by atoms with E-state index in [0.717, 1.165) is 0 Å². The fourth-order valence-corrected chi connectivity index (χ4v) is 65.8. The fraction of sp³-hybridized carbons (Fsp3) is 1.00. The van der Waals surface area contributed by atoms with Gasteiger partial charge in [0.1, 0.15) is 0 Å². The highest BCUT2D eigenvalue weighted by Crippen LogP contribution is 2.32. The minimum Gasteiger partial charge on any atom is -0.416 e. The SMILES string of the molecule is CO[Si](C)(OC)O[Si](C)(C)O[Si](C)(C)O[Si](C)(C)O[Si](C)(OC)O[Si](C)(C)O[Si](C)(C)O[Si](C)(C)O[Si](C)(OC)O[Si](C)(C)O[Si](C)(C)O[Si](C)(C)O[Si](C)(OC)OC. The van der Waals surface area contributed by atoms with E-state index in [1.165, 1.54) is 0 Å². The lowest BCUT2D eigenvalue weighted by atomic mass is 11.8. The Hall–Kier alpha value is 2.10. The molecular formula is C28H84O18Si13. The highest BCUT2D eigenvalue weighted by molar-refractivity contribution is 6.93.